The van der Waals surface area contributed by atoms with Gasteiger partial charge in [0.25, 0.3) is 10.0 Å². The number of rotatable bonds is 9. The van der Waals surface area contributed by atoms with Crippen molar-refractivity contribution in [3.05, 3.63) is 41.5 Å². The van der Waals surface area contributed by atoms with E-state index in [0.717, 1.165) is 18.4 Å². The fourth-order valence-corrected chi connectivity index (χ4v) is 4.65. The van der Waals surface area contributed by atoms with Crippen molar-refractivity contribution in [3.8, 4) is 22.6 Å². The summed E-state index contributed by atoms with van der Waals surface area (Å²) in [7, 11) is -4.39. The van der Waals surface area contributed by atoms with E-state index in [9.17, 15) is 23.4 Å². The molecule has 30 heavy (non-hydrogen) atoms. The first kappa shape index (κ1) is 23.7. The minimum Gasteiger partial charge on any atom is -0.507 e. The summed E-state index contributed by atoms with van der Waals surface area (Å²) in [6.45, 7) is 5.37. The summed E-state index contributed by atoms with van der Waals surface area (Å²) in [4.78, 5) is 11.8. The molecule has 8 heteroatoms. The average molecular weight is 435 g/mol. The number of unbranched alkanes of at least 4 members (excludes halogenated alkanes) is 2. The number of aromatic hydroxyl groups is 2. The number of benzene rings is 2. The molecule has 0 aliphatic rings. The first-order chi connectivity index (χ1) is 14.1. The molecule has 0 bridgehead atoms. The molecule has 164 valence electrons. The lowest BCUT2D eigenvalue weighted by Crippen LogP contribution is -2.37. The van der Waals surface area contributed by atoms with Crippen molar-refractivity contribution >= 4 is 15.9 Å². The fraction of sp³-hybridized carbons (Fsp3) is 0.409. The number of nitrogens with one attached hydrogen (secondary N) is 1. The molecule has 0 saturated heterocycles. The lowest BCUT2D eigenvalue weighted by Gasteiger charge is -2.18. The summed E-state index contributed by atoms with van der Waals surface area (Å²) >= 11 is 0. The van der Waals surface area contributed by atoms with Crippen LogP contribution in [-0.4, -0.2) is 31.1 Å². The number of phenolic OH excluding ortho intramolecular Hbond substituents is 2. The van der Waals surface area contributed by atoms with Crippen molar-refractivity contribution < 1.29 is 23.4 Å². The topological polar surface area (TPSA) is 130 Å². The molecule has 0 aromatic heterocycles. The largest absolute Gasteiger partial charge is 0.507 e. The summed E-state index contributed by atoms with van der Waals surface area (Å²) in [6, 6.07) is 8.36. The van der Waals surface area contributed by atoms with E-state index in [1.807, 2.05) is 24.6 Å². The standard InChI is InChI=1S/C22H30N2O5S/c1-4-5-6-9-17-12-18(25)19(16-10-7-8-14(2)11-16)20(26)21(17)30(28,29)24-22(27)15(3)13-23/h7-8,10-12,15,25-26H,4-6,9,13,23H2,1-3H3,(H,24,27). The number of phenols is 2. The van der Waals surface area contributed by atoms with Crippen LogP contribution in [0.2, 0.25) is 0 Å². The Hall–Kier alpha value is -2.58. The second kappa shape index (κ2) is 9.95. The predicted molar refractivity (Wildman–Crippen MR) is 117 cm³/mol. The first-order valence-electron chi connectivity index (χ1n) is 10.0. The summed E-state index contributed by atoms with van der Waals surface area (Å²) in [5, 5.41) is 21.6. The van der Waals surface area contributed by atoms with Gasteiger partial charge in [-0.1, -0.05) is 56.5 Å². The molecule has 0 aliphatic heterocycles. The Morgan fingerprint density at radius 2 is 1.90 bits per heavy atom. The minimum atomic E-state index is -4.39. The second-order valence-corrected chi connectivity index (χ2v) is 9.16. The zero-order chi connectivity index (χ0) is 22.5. The first-order valence-corrected chi connectivity index (χ1v) is 11.5. The summed E-state index contributed by atoms with van der Waals surface area (Å²) in [5.41, 5.74) is 7.10. The van der Waals surface area contributed by atoms with Crippen LogP contribution in [0.25, 0.3) is 11.1 Å². The molecule has 7 nitrogen and oxygen atoms in total. The Morgan fingerprint density at radius 3 is 2.50 bits per heavy atom. The van der Waals surface area contributed by atoms with Crippen LogP contribution in [-0.2, 0) is 21.2 Å². The maximum atomic E-state index is 13.1. The van der Waals surface area contributed by atoms with Gasteiger partial charge in [0.1, 0.15) is 16.4 Å². The number of amides is 1. The van der Waals surface area contributed by atoms with Crippen LogP contribution in [0.1, 0.15) is 44.2 Å². The van der Waals surface area contributed by atoms with Crippen LogP contribution in [0, 0.1) is 12.8 Å². The van der Waals surface area contributed by atoms with Gasteiger partial charge in [-0.3, -0.25) is 4.79 Å². The number of hydrogen-bond acceptors (Lipinski definition) is 6. The number of sulfonamides is 1. The van der Waals surface area contributed by atoms with E-state index in [1.54, 1.807) is 18.2 Å². The average Bonchev–Trinajstić information content (AvgIpc) is 2.66. The minimum absolute atomic E-state index is 0.0117. The molecular formula is C22H30N2O5S. The highest BCUT2D eigenvalue weighted by Gasteiger charge is 2.30. The van der Waals surface area contributed by atoms with Gasteiger partial charge in [0, 0.05) is 12.5 Å². The highest BCUT2D eigenvalue weighted by Crippen LogP contribution is 2.44. The third kappa shape index (κ3) is 5.31. The van der Waals surface area contributed by atoms with Gasteiger partial charge < -0.3 is 15.9 Å². The van der Waals surface area contributed by atoms with Crippen LogP contribution < -0.4 is 10.5 Å². The van der Waals surface area contributed by atoms with Crippen molar-refractivity contribution in [2.75, 3.05) is 6.54 Å². The lowest BCUT2D eigenvalue weighted by molar-refractivity contribution is -0.122. The van der Waals surface area contributed by atoms with E-state index in [2.05, 4.69) is 0 Å². The van der Waals surface area contributed by atoms with E-state index >= 15 is 0 Å². The Labute approximate surface area is 178 Å². The third-order valence-corrected chi connectivity index (χ3v) is 6.43. The van der Waals surface area contributed by atoms with Crippen LogP contribution in [0.4, 0.5) is 0 Å². The zero-order valence-corrected chi connectivity index (χ0v) is 18.4. The molecule has 0 heterocycles. The van der Waals surface area contributed by atoms with E-state index in [4.69, 9.17) is 5.73 Å². The van der Waals surface area contributed by atoms with Gasteiger partial charge in [-0.2, -0.15) is 0 Å². The molecule has 0 aliphatic carbocycles. The second-order valence-electron chi connectivity index (χ2n) is 7.54. The van der Waals surface area contributed by atoms with Crippen LogP contribution in [0.5, 0.6) is 11.5 Å². The number of carbonyl (C=O) groups excluding carboxylic acids is 1. The van der Waals surface area contributed by atoms with Gasteiger partial charge in [-0.05, 0) is 37.0 Å². The molecule has 0 saturated carbocycles. The van der Waals surface area contributed by atoms with Gasteiger partial charge in [0.05, 0.1) is 5.56 Å². The lowest BCUT2D eigenvalue weighted by atomic mass is 9.97. The third-order valence-electron chi connectivity index (χ3n) is 4.97. The quantitative estimate of drug-likeness (QED) is 0.449. The molecule has 0 spiro atoms. The van der Waals surface area contributed by atoms with Crippen LogP contribution in [0.15, 0.2) is 35.2 Å². The van der Waals surface area contributed by atoms with Crippen molar-refractivity contribution in [2.45, 2.75) is 51.3 Å². The van der Waals surface area contributed by atoms with Gasteiger partial charge in [-0.25, -0.2) is 13.1 Å². The van der Waals surface area contributed by atoms with E-state index < -0.39 is 27.6 Å². The fourth-order valence-electron chi connectivity index (χ4n) is 3.22. The predicted octanol–water partition coefficient (Wildman–Crippen LogP) is 3.21. The number of carbonyl (C=O) groups is 1. The molecule has 1 amide bonds. The SMILES string of the molecule is CCCCCc1cc(O)c(-c2cccc(C)c2)c(O)c1S(=O)(=O)NC(=O)C(C)CN. The smallest absolute Gasteiger partial charge is 0.268 e. The molecule has 1 unspecified atom stereocenters. The maximum Gasteiger partial charge on any atom is 0.268 e. The highest BCUT2D eigenvalue weighted by atomic mass is 32.2. The van der Waals surface area contributed by atoms with Crippen molar-refractivity contribution in [2.24, 2.45) is 11.7 Å². The Kier molecular flexibility index (Phi) is 7.86. The number of nitrogens with two attached hydrogens (primary N) is 1. The molecule has 0 fully saturated rings. The normalized spacial score (nSPS) is 12.5. The molecule has 2 rings (SSSR count). The summed E-state index contributed by atoms with van der Waals surface area (Å²) in [5.74, 6) is -2.25. The number of hydrogen-bond donors (Lipinski definition) is 4. The van der Waals surface area contributed by atoms with Gasteiger partial charge >= 0.3 is 0 Å². The van der Waals surface area contributed by atoms with E-state index in [-0.39, 0.29) is 28.3 Å². The van der Waals surface area contributed by atoms with Gasteiger partial charge in [-0.15, -0.1) is 0 Å². The summed E-state index contributed by atoms with van der Waals surface area (Å²) in [6.07, 6.45) is 2.79. The Balaban J connectivity index is 2.67. The van der Waals surface area contributed by atoms with Crippen LogP contribution in [0.3, 0.4) is 0 Å². The van der Waals surface area contributed by atoms with Crippen molar-refractivity contribution in [1.82, 2.24) is 4.72 Å². The van der Waals surface area contributed by atoms with Crippen molar-refractivity contribution in [1.29, 1.82) is 0 Å². The van der Waals surface area contributed by atoms with E-state index in [0.29, 0.717) is 18.4 Å². The van der Waals surface area contributed by atoms with Gasteiger partial charge in [0.2, 0.25) is 5.91 Å². The molecular weight excluding hydrogens is 404 g/mol. The van der Waals surface area contributed by atoms with Crippen LogP contribution >= 0.6 is 0 Å². The monoisotopic (exact) mass is 434 g/mol. The Bertz CT molecular complexity index is 1020. The summed E-state index contributed by atoms with van der Waals surface area (Å²) < 4.78 is 28.2. The molecule has 2 aromatic carbocycles. The Morgan fingerprint density at radius 1 is 1.20 bits per heavy atom. The molecule has 5 N–H and O–H groups in total. The molecule has 1 atom stereocenters. The highest BCUT2D eigenvalue weighted by molar-refractivity contribution is 7.90. The van der Waals surface area contributed by atoms with Gasteiger partial charge in [0.15, 0.2) is 0 Å². The van der Waals surface area contributed by atoms with E-state index in [1.165, 1.54) is 13.0 Å². The molecule has 2 aromatic rings. The maximum absolute atomic E-state index is 13.1. The molecule has 0 radical (unpaired) electrons. The zero-order valence-electron chi connectivity index (χ0n) is 17.6. The van der Waals surface area contributed by atoms with Crippen molar-refractivity contribution in [3.63, 3.8) is 0 Å². The number of aryl methyl sites for hydroxylation is 2.